The van der Waals surface area contributed by atoms with Crippen LogP contribution in [0.5, 0.6) is 11.5 Å². The van der Waals surface area contributed by atoms with E-state index in [1.54, 1.807) is 14.2 Å². The van der Waals surface area contributed by atoms with Gasteiger partial charge in [-0.25, -0.2) is 0 Å². The molecule has 0 saturated carbocycles. The van der Waals surface area contributed by atoms with E-state index in [0.29, 0.717) is 6.54 Å². The summed E-state index contributed by atoms with van der Waals surface area (Å²) in [6, 6.07) is 3.82. The maximum atomic E-state index is 5.56. The summed E-state index contributed by atoms with van der Waals surface area (Å²) in [5.41, 5.74) is 6.63. The van der Waals surface area contributed by atoms with Crippen molar-refractivity contribution in [2.75, 3.05) is 14.2 Å². The van der Waals surface area contributed by atoms with Crippen LogP contribution in [0, 0.1) is 3.57 Å². The van der Waals surface area contributed by atoms with Crippen LogP contribution in [0.1, 0.15) is 5.56 Å². The van der Waals surface area contributed by atoms with Gasteiger partial charge in [0.25, 0.3) is 0 Å². The van der Waals surface area contributed by atoms with Crippen molar-refractivity contribution in [2.24, 2.45) is 5.73 Å². The van der Waals surface area contributed by atoms with Crippen molar-refractivity contribution in [1.29, 1.82) is 0 Å². The van der Waals surface area contributed by atoms with E-state index in [9.17, 15) is 0 Å². The van der Waals surface area contributed by atoms with Gasteiger partial charge in [-0.15, -0.1) is 0 Å². The van der Waals surface area contributed by atoms with Crippen LogP contribution in [0.25, 0.3) is 0 Å². The molecule has 0 saturated heterocycles. The van der Waals surface area contributed by atoms with Crippen molar-refractivity contribution in [3.05, 3.63) is 21.3 Å². The lowest BCUT2D eigenvalue weighted by Gasteiger charge is -2.10. The fraction of sp³-hybridized carbons (Fsp3) is 0.333. The van der Waals surface area contributed by atoms with Gasteiger partial charge in [0.15, 0.2) is 11.5 Å². The Morgan fingerprint density at radius 2 is 1.77 bits per heavy atom. The molecule has 0 aliphatic rings. The van der Waals surface area contributed by atoms with Crippen molar-refractivity contribution < 1.29 is 9.47 Å². The van der Waals surface area contributed by atoms with Crippen LogP contribution < -0.4 is 15.2 Å². The van der Waals surface area contributed by atoms with E-state index in [0.717, 1.165) is 20.6 Å². The second-order valence-corrected chi connectivity index (χ2v) is 3.66. The molecule has 72 valence electrons. The third-order valence-corrected chi connectivity index (χ3v) is 2.78. The minimum Gasteiger partial charge on any atom is -0.493 e. The number of methoxy groups -OCH3 is 2. The maximum absolute atomic E-state index is 5.56. The van der Waals surface area contributed by atoms with E-state index >= 15 is 0 Å². The van der Waals surface area contributed by atoms with Crippen molar-refractivity contribution >= 4 is 22.6 Å². The predicted molar refractivity (Wildman–Crippen MR) is 60.2 cm³/mol. The third kappa shape index (κ3) is 2.25. The molecule has 0 atom stereocenters. The molecule has 1 aromatic carbocycles. The lowest BCUT2D eigenvalue weighted by molar-refractivity contribution is 0.354. The molecule has 0 heterocycles. The van der Waals surface area contributed by atoms with E-state index in [-0.39, 0.29) is 0 Å². The molecule has 0 amide bonds. The van der Waals surface area contributed by atoms with Crippen LogP contribution in [0.15, 0.2) is 12.1 Å². The van der Waals surface area contributed by atoms with Crippen LogP contribution >= 0.6 is 22.6 Å². The Bertz CT molecular complexity index is 302. The molecular formula is C9H12INO2. The summed E-state index contributed by atoms with van der Waals surface area (Å²) in [5, 5.41) is 0. The number of ether oxygens (including phenoxy) is 2. The lowest BCUT2D eigenvalue weighted by Crippen LogP contribution is -2.01. The normalized spacial score (nSPS) is 9.85. The lowest BCUT2D eigenvalue weighted by atomic mass is 10.2. The van der Waals surface area contributed by atoms with Crippen molar-refractivity contribution in [3.63, 3.8) is 0 Å². The van der Waals surface area contributed by atoms with Crippen molar-refractivity contribution in [1.82, 2.24) is 0 Å². The summed E-state index contributed by atoms with van der Waals surface area (Å²) < 4.78 is 11.4. The Morgan fingerprint density at radius 1 is 1.23 bits per heavy atom. The van der Waals surface area contributed by atoms with Gasteiger partial charge in [0.1, 0.15) is 0 Å². The monoisotopic (exact) mass is 293 g/mol. The van der Waals surface area contributed by atoms with Gasteiger partial charge < -0.3 is 15.2 Å². The Morgan fingerprint density at radius 3 is 2.23 bits per heavy atom. The number of rotatable bonds is 3. The number of benzene rings is 1. The average Bonchev–Trinajstić information content (AvgIpc) is 2.17. The molecule has 0 radical (unpaired) electrons. The van der Waals surface area contributed by atoms with Crippen LogP contribution in [-0.2, 0) is 6.54 Å². The van der Waals surface area contributed by atoms with Gasteiger partial charge in [0, 0.05) is 10.1 Å². The van der Waals surface area contributed by atoms with Crippen LogP contribution in [0.2, 0.25) is 0 Å². The summed E-state index contributed by atoms with van der Waals surface area (Å²) in [5.74, 6) is 1.47. The van der Waals surface area contributed by atoms with E-state index in [1.165, 1.54) is 0 Å². The number of nitrogens with two attached hydrogens (primary N) is 1. The summed E-state index contributed by atoms with van der Waals surface area (Å²) in [4.78, 5) is 0. The second kappa shape index (κ2) is 4.66. The summed E-state index contributed by atoms with van der Waals surface area (Å²) in [7, 11) is 3.24. The molecule has 13 heavy (non-hydrogen) atoms. The molecule has 0 unspecified atom stereocenters. The molecule has 0 fully saturated rings. The highest BCUT2D eigenvalue weighted by atomic mass is 127. The molecular weight excluding hydrogens is 281 g/mol. The van der Waals surface area contributed by atoms with E-state index in [1.807, 2.05) is 12.1 Å². The first-order chi connectivity index (χ1) is 6.22. The summed E-state index contributed by atoms with van der Waals surface area (Å²) in [6.07, 6.45) is 0. The maximum Gasteiger partial charge on any atom is 0.161 e. The Hall–Kier alpha value is -0.490. The van der Waals surface area contributed by atoms with E-state index < -0.39 is 0 Å². The first kappa shape index (κ1) is 10.6. The third-order valence-electron chi connectivity index (χ3n) is 1.77. The van der Waals surface area contributed by atoms with Crippen molar-refractivity contribution in [2.45, 2.75) is 6.54 Å². The van der Waals surface area contributed by atoms with Gasteiger partial charge in [0.2, 0.25) is 0 Å². The predicted octanol–water partition coefficient (Wildman–Crippen LogP) is 1.77. The largest absolute Gasteiger partial charge is 0.493 e. The number of halogens is 1. The second-order valence-electron chi connectivity index (χ2n) is 2.50. The van der Waals surface area contributed by atoms with Gasteiger partial charge >= 0.3 is 0 Å². The van der Waals surface area contributed by atoms with E-state index in [2.05, 4.69) is 22.6 Å². The standard InChI is InChI=1S/C9H12INO2/c1-12-8-3-6(5-11)7(10)4-9(8)13-2/h3-4H,5,11H2,1-2H3. The fourth-order valence-electron chi connectivity index (χ4n) is 1.05. The molecule has 3 nitrogen and oxygen atoms in total. The zero-order valence-electron chi connectivity index (χ0n) is 7.63. The molecule has 0 aromatic heterocycles. The Balaban J connectivity index is 3.18. The van der Waals surface area contributed by atoms with Crippen LogP contribution in [0.4, 0.5) is 0 Å². The number of hydrogen-bond acceptors (Lipinski definition) is 3. The Kier molecular flexibility index (Phi) is 3.80. The first-order valence-corrected chi connectivity index (χ1v) is 4.91. The quantitative estimate of drug-likeness (QED) is 0.864. The van der Waals surface area contributed by atoms with Gasteiger partial charge in [-0.2, -0.15) is 0 Å². The fourth-order valence-corrected chi connectivity index (χ4v) is 1.71. The highest BCUT2D eigenvalue weighted by molar-refractivity contribution is 14.1. The molecule has 2 N–H and O–H groups in total. The minimum absolute atomic E-state index is 0.513. The molecule has 0 bridgehead atoms. The van der Waals surface area contributed by atoms with Crippen molar-refractivity contribution in [3.8, 4) is 11.5 Å². The zero-order chi connectivity index (χ0) is 9.84. The smallest absolute Gasteiger partial charge is 0.161 e. The molecule has 0 spiro atoms. The van der Waals surface area contributed by atoms with E-state index in [4.69, 9.17) is 15.2 Å². The average molecular weight is 293 g/mol. The topological polar surface area (TPSA) is 44.5 Å². The first-order valence-electron chi connectivity index (χ1n) is 3.83. The molecule has 1 aromatic rings. The molecule has 0 aliphatic heterocycles. The molecule has 4 heteroatoms. The Labute approximate surface area is 91.4 Å². The SMILES string of the molecule is COc1cc(I)c(CN)cc1OC. The zero-order valence-corrected chi connectivity index (χ0v) is 9.79. The molecule has 1 rings (SSSR count). The summed E-state index contributed by atoms with van der Waals surface area (Å²) in [6.45, 7) is 0.513. The van der Waals surface area contributed by atoms with Crippen LogP contribution in [0.3, 0.4) is 0 Å². The number of hydrogen-bond donors (Lipinski definition) is 1. The van der Waals surface area contributed by atoms with Gasteiger partial charge in [-0.3, -0.25) is 0 Å². The minimum atomic E-state index is 0.513. The van der Waals surface area contributed by atoms with Gasteiger partial charge in [0.05, 0.1) is 14.2 Å². The van der Waals surface area contributed by atoms with Crippen LogP contribution in [-0.4, -0.2) is 14.2 Å². The highest BCUT2D eigenvalue weighted by Gasteiger charge is 2.07. The van der Waals surface area contributed by atoms with Gasteiger partial charge in [-0.05, 0) is 40.3 Å². The summed E-state index contributed by atoms with van der Waals surface area (Å²) >= 11 is 2.23. The highest BCUT2D eigenvalue weighted by Crippen LogP contribution is 2.30. The molecule has 0 aliphatic carbocycles. The van der Waals surface area contributed by atoms with Gasteiger partial charge in [-0.1, -0.05) is 0 Å².